The number of rotatable bonds is 5. The van der Waals surface area contributed by atoms with Crippen molar-refractivity contribution in [3.05, 3.63) is 12.4 Å². The summed E-state index contributed by atoms with van der Waals surface area (Å²) in [5.74, 6) is 2.34. The van der Waals surface area contributed by atoms with Gasteiger partial charge in [0.15, 0.2) is 0 Å². The Morgan fingerprint density at radius 3 is 2.85 bits per heavy atom. The summed E-state index contributed by atoms with van der Waals surface area (Å²) >= 11 is 0. The van der Waals surface area contributed by atoms with Crippen LogP contribution < -0.4 is 10.2 Å². The highest BCUT2D eigenvalue weighted by Gasteiger charge is 2.17. The van der Waals surface area contributed by atoms with Gasteiger partial charge in [-0.15, -0.1) is 0 Å². The molecule has 1 fully saturated rings. The Kier molecular flexibility index (Phi) is 5.32. The number of carbonyl (C=O) groups is 1. The molecule has 1 aliphatic rings. The summed E-state index contributed by atoms with van der Waals surface area (Å²) in [6.07, 6.45) is 6.41. The Morgan fingerprint density at radius 1 is 1.40 bits per heavy atom. The molecular weight excluding hydrogens is 252 g/mol. The van der Waals surface area contributed by atoms with Gasteiger partial charge < -0.3 is 10.2 Å². The van der Waals surface area contributed by atoms with Crippen molar-refractivity contribution in [1.29, 1.82) is 0 Å². The third-order valence-corrected chi connectivity index (χ3v) is 3.79. The fourth-order valence-electron chi connectivity index (χ4n) is 2.37. The molecule has 5 heteroatoms. The standard InChI is InChI=1S/C15H24N4O/c1-3-4-5-15(20)18-13-10-14(17-11-16-13)19-8-6-12(2)7-9-19/h10-12H,3-9H2,1-2H3,(H,16,17,18,20). The van der Waals surface area contributed by atoms with Crippen molar-refractivity contribution >= 4 is 17.5 Å². The second-order valence-corrected chi connectivity index (χ2v) is 5.58. The number of hydrogen-bond donors (Lipinski definition) is 1. The lowest BCUT2D eigenvalue weighted by Crippen LogP contribution is -2.33. The van der Waals surface area contributed by atoms with E-state index in [1.54, 1.807) is 0 Å². The van der Waals surface area contributed by atoms with Gasteiger partial charge in [-0.2, -0.15) is 0 Å². The van der Waals surface area contributed by atoms with Gasteiger partial charge in [0.25, 0.3) is 0 Å². The SMILES string of the molecule is CCCCC(=O)Nc1cc(N2CCC(C)CC2)ncn1. The fourth-order valence-corrected chi connectivity index (χ4v) is 2.37. The molecule has 1 N–H and O–H groups in total. The molecule has 0 aliphatic carbocycles. The van der Waals surface area contributed by atoms with Crippen LogP contribution in [0, 0.1) is 5.92 Å². The highest BCUT2D eigenvalue weighted by Crippen LogP contribution is 2.22. The van der Waals surface area contributed by atoms with E-state index >= 15 is 0 Å². The fraction of sp³-hybridized carbons (Fsp3) is 0.667. The molecule has 1 saturated heterocycles. The zero-order valence-corrected chi connectivity index (χ0v) is 12.4. The maximum absolute atomic E-state index is 11.7. The molecular formula is C15H24N4O. The van der Waals surface area contributed by atoms with Gasteiger partial charge in [0, 0.05) is 25.6 Å². The number of hydrogen-bond acceptors (Lipinski definition) is 4. The maximum atomic E-state index is 11.7. The van der Waals surface area contributed by atoms with Gasteiger partial charge in [-0.1, -0.05) is 20.3 Å². The second kappa shape index (κ2) is 7.22. The molecule has 2 heterocycles. The van der Waals surface area contributed by atoms with Gasteiger partial charge in [0.05, 0.1) is 0 Å². The van der Waals surface area contributed by atoms with Crippen LogP contribution in [0.1, 0.15) is 46.0 Å². The van der Waals surface area contributed by atoms with Crippen molar-refractivity contribution in [2.24, 2.45) is 5.92 Å². The second-order valence-electron chi connectivity index (χ2n) is 5.58. The monoisotopic (exact) mass is 276 g/mol. The first-order valence-corrected chi connectivity index (χ1v) is 7.56. The molecule has 1 amide bonds. The van der Waals surface area contributed by atoms with Crippen molar-refractivity contribution in [2.75, 3.05) is 23.3 Å². The maximum Gasteiger partial charge on any atom is 0.225 e. The molecule has 0 saturated carbocycles. The minimum Gasteiger partial charge on any atom is -0.356 e. The molecule has 5 nitrogen and oxygen atoms in total. The largest absolute Gasteiger partial charge is 0.356 e. The van der Waals surface area contributed by atoms with E-state index < -0.39 is 0 Å². The van der Waals surface area contributed by atoms with Gasteiger partial charge in [-0.3, -0.25) is 4.79 Å². The summed E-state index contributed by atoms with van der Waals surface area (Å²) in [7, 11) is 0. The zero-order valence-electron chi connectivity index (χ0n) is 12.4. The quantitative estimate of drug-likeness (QED) is 0.898. The lowest BCUT2D eigenvalue weighted by Gasteiger charge is -2.31. The third-order valence-electron chi connectivity index (χ3n) is 3.79. The zero-order chi connectivity index (χ0) is 14.4. The number of aromatic nitrogens is 2. The van der Waals surface area contributed by atoms with Crippen molar-refractivity contribution in [3.63, 3.8) is 0 Å². The number of unbranched alkanes of at least 4 members (excludes halogenated alkanes) is 1. The minimum absolute atomic E-state index is 0.0313. The predicted molar refractivity (Wildman–Crippen MR) is 80.8 cm³/mol. The molecule has 0 bridgehead atoms. The Labute approximate surface area is 120 Å². The summed E-state index contributed by atoms with van der Waals surface area (Å²) in [6, 6.07) is 1.87. The van der Waals surface area contributed by atoms with Gasteiger partial charge in [-0.25, -0.2) is 9.97 Å². The van der Waals surface area contributed by atoms with Crippen LogP contribution in [0.25, 0.3) is 0 Å². The number of amides is 1. The first kappa shape index (κ1) is 14.8. The summed E-state index contributed by atoms with van der Waals surface area (Å²) in [5, 5.41) is 2.85. The summed E-state index contributed by atoms with van der Waals surface area (Å²) in [4.78, 5) is 22.4. The summed E-state index contributed by atoms with van der Waals surface area (Å²) in [5.41, 5.74) is 0. The van der Waals surface area contributed by atoms with E-state index in [1.165, 1.54) is 19.2 Å². The molecule has 0 spiro atoms. The van der Waals surface area contributed by atoms with E-state index in [-0.39, 0.29) is 5.91 Å². The smallest absolute Gasteiger partial charge is 0.225 e. The molecule has 2 rings (SSSR count). The summed E-state index contributed by atoms with van der Waals surface area (Å²) in [6.45, 7) is 6.42. The predicted octanol–water partition coefficient (Wildman–Crippen LogP) is 2.84. The Morgan fingerprint density at radius 2 is 2.15 bits per heavy atom. The third kappa shape index (κ3) is 4.18. The highest BCUT2D eigenvalue weighted by atomic mass is 16.1. The first-order chi connectivity index (χ1) is 9.69. The molecule has 0 aromatic carbocycles. The van der Waals surface area contributed by atoms with Gasteiger partial charge >= 0.3 is 0 Å². The van der Waals surface area contributed by atoms with Crippen LogP contribution in [0.2, 0.25) is 0 Å². The average Bonchev–Trinajstić information content (AvgIpc) is 2.46. The van der Waals surface area contributed by atoms with Crippen LogP contribution in [0.5, 0.6) is 0 Å². The number of nitrogens with one attached hydrogen (secondary N) is 1. The molecule has 20 heavy (non-hydrogen) atoms. The van der Waals surface area contributed by atoms with E-state index in [0.717, 1.165) is 37.7 Å². The van der Waals surface area contributed by atoms with Crippen molar-refractivity contribution in [2.45, 2.75) is 46.0 Å². The Bertz CT molecular complexity index is 441. The molecule has 0 radical (unpaired) electrons. The van der Waals surface area contributed by atoms with Crippen LogP contribution in [-0.2, 0) is 4.79 Å². The van der Waals surface area contributed by atoms with Crippen molar-refractivity contribution < 1.29 is 4.79 Å². The normalized spacial score (nSPS) is 16.2. The van der Waals surface area contributed by atoms with Crippen molar-refractivity contribution in [1.82, 2.24) is 9.97 Å². The van der Waals surface area contributed by atoms with E-state index in [0.29, 0.717) is 12.2 Å². The molecule has 0 atom stereocenters. The van der Waals surface area contributed by atoms with Crippen LogP contribution in [0.4, 0.5) is 11.6 Å². The van der Waals surface area contributed by atoms with E-state index in [9.17, 15) is 4.79 Å². The van der Waals surface area contributed by atoms with E-state index in [1.807, 2.05) is 6.07 Å². The van der Waals surface area contributed by atoms with Crippen LogP contribution >= 0.6 is 0 Å². The lowest BCUT2D eigenvalue weighted by atomic mass is 9.99. The molecule has 1 aromatic rings. The molecule has 1 aromatic heterocycles. The molecule has 0 unspecified atom stereocenters. The number of nitrogens with zero attached hydrogens (tertiary/aromatic N) is 3. The Balaban J connectivity index is 1.95. The van der Waals surface area contributed by atoms with E-state index in [2.05, 4.69) is 34.0 Å². The number of carbonyl (C=O) groups excluding carboxylic acids is 1. The molecule has 1 aliphatic heterocycles. The van der Waals surface area contributed by atoms with Crippen LogP contribution in [-0.4, -0.2) is 29.0 Å². The van der Waals surface area contributed by atoms with Gasteiger partial charge in [0.2, 0.25) is 5.91 Å². The summed E-state index contributed by atoms with van der Waals surface area (Å²) < 4.78 is 0. The van der Waals surface area contributed by atoms with E-state index in [4.69, 9.17) is 0 Å². The van der Waals surface area contributed by atoms with Gasteiger partial charge in [-0.05, 0) is 25.2 Å². The molecule has 110 valence electrons. The highest BCUT2D eigenvalue weighted by molar-refractivity contribution is 5.89. The van der Waals surface area contributed by atoms with Crippen molar-refractivity contribution in [3.8, 4) is 0 Å². The number of anilines is 2. The lowest BCUT2D eigenvalue weighted by molar-refractivity contribution is -0.116. The van der Waals surface area contributed by atoms with Crippen LogP contribution in [0.15, 0.2) is 12.4 Å². The van der Waals surface area contributed by atoms with Gasteiger partial charge in [0.1, 0.15) is 18.0 Å². The average molecular weight is 276 g/mol. The minimum atomic E-state index is 0.0313. The number of piperidine rings is 1. The first-order valence-electron chi connectivity index (χ1n) is 7.56. The Hall–Kier alpha value is -1.65. The van der Waals surface area contributed by atoms with Crippen LogP contribution in [0.3, 0.4) is 0 Å². The topological polar surface area (TPSA) is 58.1 Å².